The molecule has 17 rings (SSSR count). The lowest BCUT2D eigenvalue weighted by atomic mass is 9.43. The van der Waals surface area contributed by atoms with Crippen molar-refractivity contribution in [2.24, 2.45) is 52.8 Å². The van der Waals surface area contributed by atoms with Gasteiger partial charge >= 0.3 is 0 Å². The third-order valence-corrected chi connectivity index (χ3v) is 21.1. The molecule has 0 N–H and O–H groups in total. The first-order valence-corrected chi connectivity index (χ1v) is 26.3. The first-order chi connectivity index (χ1) is 32.9. The number of benzene rings is 7. The molecule has 10 aliphatic rings. The van der Waals surface area contributed by atoms with E-state index in [1.807, 2.05) is 0 Å². The van der Waals surface area contributed by atoms with Gasteiger partial charge in [-0.05, 0) is 235 Å². The number of hydrogen-bond donors (Lipinski definition) is 0. The minimum atomic E-state index is 0.131. The van der Waals surface area contributed by atoms with E-state index in [0.717, 1.165) is 86.5 Å². The van der Waals surface area contributed by atoms with Gasteiger partial charge in [0.2, 0.25) is 0 Å². The van der Waals surface area contributed by atoms with E-state index in [1.54, 1.807) is 22.3 Å². The molecule has 7 aromatic carbocycles. The summed E-state index contributed by atoms with van der Waals surface area (Å²) in [5.41, 5.74) is 20.7. The fourth-order valence-corrected chi connectivity index (χ4v) is 19.2. The summed E-state index contributed by atoms with van der Waals surface area (Å²) < 4.78 is 0. The highest BCUT2D eigenvalue weighted by atomic mass is 35.5. The Hall–Kier alpha value is -5.57. The molecule has 8 saturated carbocycles. The Kier molecular flexibility index (Phi) is 7.65. The zero-order valence-electron chi connectivity index (χ0n) is 38.5. The molecule has 8 fully saturated rings. The molecule has 7 aromatic rings. The molecule has 0 heterocycles. The van der Waals surface area contributed by atoms with E-state index in [2.05, 4.69) is 174 Å². The standard InChI is InChI=1S/C64H57ClN2/c1-38-24-59(66(47-12-4-2-5-13-47)49-20-22-57-53(34-49)51-16-8-10-18-55(51)63(57)43-27-39-26-40(29-43)30-44(63)28-39)61(65)60(25-38)67(48-14-6-3-7-15-48)50-21-23-58-54(35-50)52-17-9-11-19-56(52)64(58)45-32-41-31-42-33-46(64)37-62(41,42)36-45/h2-25,34-35,39-46H,26-33,36-37H2,1H3. The quantitative estimate of drug-likeness (QED) is 0.164. The van der Waals surface area contributed by atoms with Crippen LogP contribution in [0.3, 0.4) is 0 Å². The number of halogens is 1. The highest BCUT2D eigenvalue weighted by Gasteiger charge is 2.74. The predicted octanol–water partition coefficient (Wildman–Crippen LogP) is 17.0. The van der Waals surface area contributed by atoms with Gasteiger partial charge in [0, 0.05) is 33.6 Å². The molecular formula is C64H57ClN2. The molecule has 3 spiro atoms. The van der Waals surface area contributed by atoms with Crippen LogP contribution in [0.15, 0.2) is 158 Å². The third-order valence-electron chi connectivity index (χ3n) is 20.7. The summed E-state index contributed by atoms with van der Waals surface area (Å²) >= 11 is 8.10. The Labute approximate surface area is 401 Å². The second-order valence-corrected chi connectivity index (χ2v) is 23.6. The van der Waals surface area contributed by atoms with Gasteiger partial charge in [0.25, 0.3) is 0 Å². The van der Waals surface area contributed by atoms with Crippen molar-refractivity contribution in [3.63, 3.8) is 0 Å². The maximum atomic E-state index is 8.10. The first-order valence-electron chi connectivity index (χ1n) is 25.9. The zero-order valence-corrected chi connectivity index (χ0v) is 39.2. The number of para-hydroxylation sites is 2. The summed E-state index contributed by atoms with van der Waals surface area (Å²) in [5, 5.41) is 0.744. The minimum Gasteiger partial charge on any atom is -0.309 e. The number of anilines is 6. The van der Waals surface area contributed by atoms with Crippen LogP contribution in [0, 0.1) is 59.7 Å². The van der Waals surface area contributed by atoms with Crippen LogP contribution in [0.25, 0.3) is 22.3 Å². The van der Waals surface area contributed by atoms with Gasteiger partial charge in [0.15, 0.2) is 0 Å². The van der Waals surface area contributed by atoms with E-state index in [0.29, 0.717) is 5.41 Å². The Morgan fingerprint density at radius 2 is 0.806 bits per heavy atom. The molecule has 0 radical (unpaired) electrons. The molecule has 0 aromatic heterocycles. The van der Waals surface area contributed by atoms with Crippen LogP contribution in [-0.2, 0) is 10.8 Å². The van der Waals surface area contributed by atoms with Crippen molar-refractivity contribution in [1.29, 1.82) is 0 Å². The summed E-state index contributed by atoms with van der Waals surface area (Å²) in [6, 6.07) is 60.6. The second kappa shape index (κ2) is 13.4. The maximum Gasteiger partial charge on any atom is 0.0887 e. The van der Waals surface area contributed by atoms with Crippen LogP contribution in [-0.4, -0.2) is 0 Å². The molecular weight excluding hydrogens is 832 g/mol. The van der Waals surface area contributed by atoms with Gasteiger partial charge in [-0.2, -0.15) is 0 Å². The monoisotopic (exact) mass is 888 g/mol. The van der Waals surface area contributed by atoms with Gasteiger partial charge in [-0.1, -0.05) is 109 Å². The molecule has 67 heavy (non-hydrogen) atoms. The van der Waals surface area contributed by atoms with Crippen LogP contribution < -0.4 is 9.80 Å². The van der Waals surface area contributed by atoms with E-state index < -0.39 is 0 Å². The molecule has 0 aliphatic heterocycles. The van der Waals surface area contributed by atoms with Gasteiger partial charge < -0.3 is 9.80 Å². The topological polar surface area (TPSA) is 6.48 Å². The largest absolute Gasteiger partial charge is 0.309 e. The van der Waals surface area contributed by atoms with Crippen LogP contribution in [0.4, 0.5) is 34.1 Å². The highest BCUT2D eigenvalue weighted by molar-refractivity contribution is 6.36. The molecule has 10 aliphatic carbocycles. The Bertz CT molecular complexity index is 3170. The van der Waals surface area contributed by atoms with Crippen molar-refractivity contribution in [3.05, 3.63) is 191 Å². The van der Waals surface area contributed by atoms with E-state index in [-0.39, 0.29) is 10.8 Å². The van der Waals surface area contributed by atoms with E-state index in [1.165, 1.54) is 92.0 Å². The fraction of sp³-hybridized carbons (Fsp3) is 0.344. The van der Waals surface area contributed by atoms with Crippen molar-refractivity contribution in [2.75, 3.05) is 9.80 Å². The number of nitrogens with zero attached hydrogens (tertiary/aromatic N) is 2. The van der Waals surface area contributed by atoms with Gasteiger partial charge in [0.05, 0.1) is 16.4 Å². The van der Waals surface area contributed by atoms with Crippen molar-refractivity contribution < 1.29 is 0 Å². The number of fused-ring (bicyclic) bond motifs is 12. The van der Waals surface area contributed by atoms with Gasteiger partial charge in [-0.15, -0.1) is 0 Å². The lowest BCUT2D eigenvalue weighted by Gasteiger charge is -2.61. The van der Waals surface area contributed by atoms with Gasteiger partial charge in [-0.3, -0.25) is 0 Å². The smallest absolute Gasteiger partial charge is 0.0887 e. The van der Waals surface area contributed by atoms with Crippen LogP contribution >= 0.6 is 11.6 Å². The summed E-state index contributed by atoms with van der Waals surface area (Å²) in [6.07, 6.45) is 14.2. The predicted molar refractivity (Wildman–Crippen MR) is 275 cm³/mol. The average molecular weight is 890 g/mol. The van der Waals surface area contributed by atoms with Crippen molar-refractivity contribution in [2.45, 2.75) is 82.0 Å². The Morgan fingerprint density at radius 1 is 0.388 bits per heavy atom. The summed E-state index contributed by atoms with van der Waals surface area (Å²) in [7, 11) is 0. The van der Waals surface area contributed by atoms with E-state index in [4.69, 9.17) is 11.6 Å². The van der Waals surface area contributed by atoms with Crippen molar-refractivity contribution in [1.82, 2.24) is 0 Å². The summed E-state index contributed by atoms with van der Waals surface area (Å²) in [5.74, 6) is 6.69. The first kappa shape index (κ1) is 38.4. The van der Waals surface area contributed by atoms with Crippen LogP contribution in [0.5, 0.6) is 0 Å². The maximum absolute atomic E-state index is 8.10. The lowest BCUT2D eigenvalue weighted by molar-refractivity contribution is -0.0399. The molecule has 0 amide bonds. The fourth-order valence-electron chi connectivity index (χ4n) is 18.9. The van der Waals surface area contributed by atoms with Crippen molar-refractivity contribution >= 4 is 45.7 Å². The molecule has 330 valence electrons. The van der Waals surface area contributed by atoms with E-state index in [9.17, 15) is 0 Å². The van der Waals surface area contributed by atoms with Gasteiger partial charge in [0.1, 0.15) is 0 Å². The van der Waals surface area contributed by atoms with Crippen LogP contribution in [0.1, 0.15) is 92.0 Å². The normalized spacial score (nSPS) is 33.1. The number of hydrogen-bond acceptors (Lipinski definition) is 2. The van der Waals surface area contributed by atoms with E-state index >= 15 is 0 Å². The zero-order chi connectivity index (χ0) is 44.0. The summed E-state index contributed by atoms with van der Waals surface area (Å²) in [4.78, 5) is 4.88. The van der Waals surface area contributed by atoms with Crippen LogP contribution in [0.2, 0.25) is 5.02 Å². The third kappa shape index (κ3) is 4.75. The minimum absolute atomic E-state index is 0.131. The molecule has 7 bridgehead atoms. The summed E-state index contributed by atoms with van der Waals surface area (Å²) in [6.45, 7) is 2.24. The average Bonchev–Trinajstić information content (AvgIpc) is 3.99. The molecule has 0 saturated heterocycles. The molecule has 2 nitrogen and oxygen atoms in total. The highest BCUT2D eigenvalue weighted by Crippen LogP contribution is 2.82. The number of rotatable bonds is 6. The molecule has 4 atom stereocenters. The van der Waals surface area contributed by atoms with Crippen molar-refractivity contribution in [3.8, 4) is 22.3 Å². The Balaban J connectivity index is 0.861. The SMILES string of the molecule is Cc1cc(N(c2ccccc2)c2ccc3c(c2)-c2ccccc2C32C3CC4CC(C3)CC2C4)c(Cl)c(N(c2ccccc2)c2ccc3c(c2)-c2ccccc2C32C3CC4CC5CC2CC45C3)c1. The molecule has 3 heteroatoms. The Morgan fingerprint density at radius 3 is 1.30 bits per heavy atom. The van der Waals surface area contributed by atoms with Gasteiger partial charge in [-0.25, -0.2) is 0 Å². The number of aryl methyl sites for hydroxylation is 1. The second-order valence-electron chi connectivity index (χ2n) is 23.2. The lowest BCUT2D eigenvalue weighted by Crippen LogP contribution is -2.55. The molecule has 4 unspecified atom stereocenters.